The molecule has 0 bridgehead atoms. The summed E-state index contributed by atoms with van der Waals surface area (Å²) in [5.41, 5.74) is 13.0. The maximum Gasteiger partial charge on any atom is 0.127 e. The van der Waals surface area contributed by atoms with Crippen LogP contribution in [-0.4, -0.2) is 19.9 Å². The van der Waals surface area contributed by atoms with Crippen molar-refractivity contribution in [2.45, 2.75) is 233 Å². The van der Waals surface area contributed by atoms with E-state index in [0.29, 0.717) is 0 Å². The molecule has 0 saturated carbocycles. The summed E-state index contributed by atoms with van der Waals surface area (Å²) in [4.78, 5) is 20.4. The molecule has 0 radical (unpaired) electrons. The molecule has 73 heavy (non-hydrogen) atoms. The lowest BCUT2D eigenvalue weighted by Crippen LogP contribution is -2.16. The van der Waals surface area contributed by atoms with Gasteiger partial charge in [0.25, 0.3) is 0 Å². The van der Waals surface area contributed by atoms with E-state index in [1.165, 1.54) is 189 Å². The first-order valence-corrected chi connectivity index (χ1v) is 29.7. The van der Waals surface area contributed by atoms with Crippen molar-refractivity contribution < 1.29 is 4.74 Å². The van der Waals surface area contributed by atoms with Gasteiger partial charge in [0.15, 0.2) is 0 Å². The molecule has 4 aromatic carbocycles. The minimum atomic E-state index is -0.493. The molecule has 0 fully saturated rings. The number of unbranched alkanes of at least 4 members (excludes halogenated alkanes) is 22. The van der Waals surface area contributed by atoms with Gasteiger partial charge in [0, 0.05) is 11.1 Å². The van der Waals surface area contributed by atoms with Crippen LogP contribution in [0.25, 0.3) is 22.5 Å². The predicted octanol–water partition coefficient (Wildman–Crippen LogP) is 19.9. The zero-order chi connectivity index (χ0) is 51.0. The largest absolute Gasteiger partial charge is 0.353 e. The molecule has 6 rings (SSSR count). The Morgan fingerprint density at radius 1 is 0.288 bits per heavy atom. The van der Waals surface area contributed by atoms with Crippen LogP contribution >= 0.6 is 0 Å². The third-order valence-corrected chi connectivity index (χ3v) is 15.0. The van der Waals surface area contributed by atoms with Crippen LogP contribution in [0.3, 0.4) is 0 Å². The number of benzene rings is 4. The van der Waals surface area contributed by atoms with Crippen LogP contribution in [0.15, 0.2) is 122 Å². The van der Waals surface area contributed by atoms with Crippen molar-refractivity contribution in [3.8, 4) is 22.5 Å². The second-order valence-electron chi connectivity index (χ2n) is 21.2. The Morgan fingerprint density at radius 2 is 0.548 bits per heavy atom. The first-order valence-electron chi connectivity index (χ1n) is 29.7. The fourth-order valence-electron chi connectivity index (χ4n) is 10.2. The van der Waals surface area contributed by atoms with Crippen LogP contribution in [0.2, 0.25) is 0 Å². The summed E-state index contributed by atoms with van der Waals surface area (Å²) in [6, 6.07) is 36.0. The van der Waals surface area contributed by atoms with E-state index in [4.69, 9.17) is 24.7 Å². The lowest BCUT2D eigenvalue weighted by molar-refractivity contribution is 0.0258. The van der Waals surface area contributed by atoms with Gasteiger partial charge in [0.1, 0.15) is 12.2 Å². The molecule has 0 aliphatic heterocycles. The maximum atomic E-state index is 7.41. The van der Waals surface area contributed by atoms with Crippen LogP contribution in [0.5, 0.6) is 0 Å². The minimum Gasteiger partial charge on any atom is -0.353 e. The first-order chi connectivity index (χ1) is 36.1. The van der Waals surface area contributed by atoms with E-state index in [-0.39, 0.29) is 0 Å². The lowest BCUT2D eigenvalue weighted by Gasteiger charge is -2.25. The average Bonchev–Trinajstić information content (AvgIpc) is 3.43. The van der Waals surface area contributed by atoms with Gasteiger partial charge in [0.05, 0.1) is 47.6 Å². The zero-order valence-electron chi connectivity index (χ0n) is 46.1. The fraction of sp³-hybridized carbons (Fsp3) is 0.529. The van der Waals surface area contributed by atoms with E-state index < -0.39 is 12.2 Å². The molecule has 5 heteroatoms. The third-order valence-electron chi connectivity index (χ3n) is 15.0. The van der Waals surface area contributed by atoms with Crippen molar-refractivity contribution in [3.63, 3.8) is 0 Å². The SMILES string of the molecule is CCCCCCCCCc1ccc(-c2cnc(C(OC(c3ccc(CCCCCCCC)cc3)c3cnc(-c4ccc(CCCCCCCCC)cc4)cn3)c3ccc(CCCCCCCC)cc3)cn2)cc1. The van der Waals surface area contributed by atoms with Gasteiger partial charge in [-0.2, -0.15) is 0 Å². The van der Waals surface area contributed by atoms with Gasteiger partial charge in [-0.25, -0.2) is 0 Å². The quantitative estimate of drug-likeness (QED) is 0.0362. The summed E-state index contributed by atoms with van der Waals surface area (Å²) in [5, 5.41) is 0. The number of ether oxygens (including phenoxy) is 1. The molecule has 2 atom stereocenters. The van der Waals surface area contributed by atoms with Gasteiger partial charge in [0.2, 0.25) is 0 Å². The lowest BCUT2D eigenvalue weighted by atomic mass is 9.99. The van der Waals surface area contributed by atoms with E-state index in [0.717, 1.165) is 70.7 Å². The first kappa shape index (κ1) is 57.3. The summed E-state index contributed by atoms with van der Waals surface area (Å²) in [6.45, 7) is 9.14. The Morgan fingerprint density at radius 3 is 0.808 bits per heavy atom. The highest BCUT2D eigenvalue weighted by atomic mass is 16.5. The molecule has 5 nitrogen and oxygen atoms in total. The molecule has 2 unspecified atom stereocenters. The Bertz CT molecular complexity index is 2140. The Kier molecular flexibility index (Phi) is 27.1. The van der Waals surface area contributed by atoms with E-state index in [1.54, 1.807) is 0 Å². The van der Waals surface area contributed by atoms with Gasteiger partial charge >= 0.3 is 0 Å². The van der Waals surface area contributed by atoms with E-state index >= 15 is 0 Å². The molecule has 6 aromatic rings. The number of hydrogen-bond acceptors (Lipinski definition) is 5. The fourth-order valence-corrected chi connectivity index (χ4v) is 10.2. The molecule has 0 aliphatic carbocycles. The molecule has 0 N–H and O–H groups in total. The molecule has 0 saturated heterocycles. The number of hydrogen-bond donors (Lipinski definition) is 0. The summed E-state index contributed by atoms with van der Waals surface area (Å²) in [5.74, 6) is 0. The van der Waals surface area contributed by atoms with Crippen molar-refractivity contribution in [1.82, 2.24) is 19.9 Å². The van der Waals surface area contributed by atoms with Crippen molar-refractivity contribution in [3.05, 3.63) is 167 Å². The van der Waals surface area contributed by atoms with Gasteiger partial charge in [-0.15, -0.1) is 0 Å². The summed E-state index contributed by atoms with van der Waals surface area (Å²) >= 11 is 0. The number of nitrogens with zero attached hydrogens (tertiary/aromatic N) is 4. The highest BCUT2D eigenvalue weighted by Crippen LogP contribution is 2.36. The second-order valence-corrected chi connectivity index (χ2v) is 21.2. The summed E-state index contributed by atoms with van der Waals surface area (Å²) in [6.07, 6.45) is 45.2. The van der Waals surface area contributed by atoms with Gasteiger partial charge in [-0.3, -0.25) is 19.9 Å². The summed E-state index contributed by atoms with van der Waals surface area (Å²) < 4.78 is 7.41. The van der Waals surface area contributed by atoms with Crippen LogP contribution in [-0.2, 0) is 30.4 Å². The molecule has 392 valence electrons. The second kappa shape index (κ2) is 34.5. The van der Waals surface area contributed by atoms with Crippen LogP contribution in [0, 0.1) is 0 Å². The molecule has 2 heterocycles. The Balaban J connectivity index is 1.23. The number of aromatic nitrogens is 4. The van der Waals surface area contributed by atoms with Gasteiger partial charge in [-0.05, 0) is 84.7 Å². The molecule has 0 spiro atoms. The standard InChI is InChI=1S/C68H94N4O/c1-5-9-13-17-21-25-29-31-55-35-43-59(44-36-55)63-51-71-65(53-69-63)67(61-47-39-57(40-48-61)33-27-23-19-15-11-7-3)73-68(62-49-41-58(42-50-62)34-28-24-20-16-12-8-4)66-54-70-64(52-72-66)60-45-37-56(38-46-60)32-30-26-22-18-14-10-6-2/h35-54,67-68H,5-34H2,1-4H3. The monoisotopic (exact) mass is 983 g/mol. The number of aryl methyl sites for hydroxylation is 4. The van der Waals surface area contributed by atoms with Gasteiger partial charge < -0.3 is 4.74 Å². The normalized spacial score (nSPS) is 12.3. The Labute approximate surface area is 444 Å². The highest BCUT2D eigenvalue weighted by Gasteiger charge is 2.26. The van der Waals surface area contributed by atoms with Crippen LogP contribution in [0.1, 0.15) is 252 Å². The van der Waals surface area contributed by atoms with E-state index in [2.05, 4.69) is 125 Å². The molecule has 0 aliphatic rings. The van der Waals surface area contributed by atoms with Crippen molar-refractivity contribution in [1.29, 1.82) is 0 Å². The maximum absolute atomic E-state index is 7.41. The minimum absolute atomic E-state index is 0.493. The average molecular weight is 984 g/mol. The third kappa shape index (κ3) is 20.7. The number of rotatable bonds is 38. The van der Waals surface area contributed by atoms with Crippen molar-refractivity contribution in [2.24, 2.45) is 0 Å². The molecular weight excluding hydrogens is 889 g/mol. The smallest absolute Gasteiger partial charge is 0.127 e. The molecule has 0 amide bonds. The van der Waals surface area contributed by atoms with Crippen molar-refractivity contribution >= 4 is 0 Å². The van der Waals surface area contributed by atoms with E-state index in [1.807, 2.05) is 24.8 Å². The summed E-state index contributed by atoms with van der Waals surface area (Å²) in [7, 11) is 0. The van der Waals surface area contributed by atoms with E-state index in [9.17, 15) is 0 Å². The highest BCUT2D eigenvalue weighted by molar-refractivity contribution is 5.59. The molecule has 2 aromatic heterocycles. The zero-order valence-corrected chi connectivity index (χ0v) is 46.1. The van der Waals surface area contributed by atoms with Crippen LogP contribution in [0.4, 0.5) is 0 Å². The molecular formula is C68H94N4O. The Hall–Kier alpha value is -5.00. The predicted molar refractivity (Wildman–Crippen MR) is 310 cm³/mol. The van der Waals surface area contributed by atoms with Crippen molar-refractivity contribution in [2.75, 3.05) is 0 Å². The van der Waals surface area contributed by atoms with Crippen LogP contribution < -0.4 is 0 Å². The topological polar surface area (TPSA) is 60.8 Å². The van der Waals surface area contributed by atoms with Gasteiger partial charge in [-0.1, -0.05) is 266 Å².